The highest BCUT2D eigenvalue weighted by atomic mass is 16.2. The summed E-state index contributed by atoms with van der Waals surface area (Å²) in [7, 11) is 0. The minimum Gasteiger partial charge on any atom is -0.343 e. The molecule has 0 aliphatic carbocycles. The average molecular weight is 142 g/mol. The van der Waals surface area contributed by atoms with Crippen molar-refractivity contribution in [2.75, 3.05) is 13.1 Å². The largest absolute Gasteiger partial charge is 0.343 e. The van der Waals surface area contributed by atoms with Crippen LogP contribution in [0, 0.1) is 5.92 Å². The predicted molar refractivity (Wildman–Crippen MR) is 42.5 cm³/mol. The highest BCUT2D eigenvalue weighted by Crippen LogP contribution is 2.01. The van der Waals surface area contributed by atoms with Crippen LogP contribution in [-0.4, -0.2) is 23.9 Å². The Morgan fingerprint density at radius 2 is 1.60 bits per heavy atom. The Morgan fingerprint density at radius 1 is 1.20 bits per heavy atom. The lowest BCUT2D eigenvalue weighted by atomic mass is 10.2. The Hall–Kier alpha value is -0.530. The second-order valence-electron chi connectivity index (χ2n) is 2.48. The van der Waals surface area contributed by atoms with Crippen molar-refractivity contribution in [3.63, 3.8) is 0 Å². The molecule has 1 radical (unpaired) electrons. The van der Waals surface area contributed by atoms with Crippen molar-refractivity contribution < 1.29 is 4.79 Å². The molecule has 0 unspecified atom stereocenters. The zero-order chi connectivity index (χ0) is 8.15. The fourth-order valence-corrected chi connectivity index (χ4v) is 0.827. The Labute approximate surface area is 63.2 Å². The van der Waals surface area contributed by atoms with Crippen molar-refractivity contribution in [2.24, 2.45) is 0 Å². The van der Waals surface area contributed by atoms with Crippen LogP contribution in [0.25, 0.3) is 0 Å². The predicted octanol–water partition coefficient (Wildman–Crippen LogP) is 1.47. The molecule has 0 fully saturated rings. The molecule has 2 heteroatoms. The zero-order valence-corrected chi connectivity index (χ0v) is 7.27. The molecule has 0 heterocycles. The number of carbonyl (C=O) groups excluding carboxylic acids is 1. The maximum absolute atomic E-state index is 11.2. The molecule has 59 valence electrons. The van der Waals surface area contributed by atoms with Crippen LogP contribution in [0.1, 0.15) is 27.7 Å². The monoisotopic (exact) mass is 142 g/mol. The van der Waals surface area contributed by atoms with E-state index in [-0.39, 0.29) is 5.91 Å². The third-order valence-corrected chi connectivity index (χ3v) is 1.48. The highest BCUT2D eigenvalue weighted by molar-refractivity contribution is 5.88. The van der Waals surface area contributed by atoms with Crippen molar-refractivity contribution in [3.8, 4) is 0 Å². The summed E-state index contributed by atoms with van der Waals surface area (Å²) < 4.78 is 0. The standard InChI is InChI=1S/C8H16NO/c1-5-9(6-2)8(10)7(3)4/h5-6H2,1-4H3. The first-order valence-corrected chi connectivity index (χ1v) is 3.72. The number of hydrogen-bond acceptors (Lipinski definition) is 1. The summed E-state index contributed by atoms with van der Waals surface area (Å²) in [6, 6.07) is 0. The average Bonchev–Trinajstić information content (AvgIpc) is 1.90. The van der Waals surface area contributed by atoms with E-state index in [1.54, 1.807) is 0 Å². The van der Waals surface area contributed by atoms with Gasteiger partial charge in [-0.05, 0) is 27.7 Å². The van der Waals surface area contributed by atoms with E-state index in [1.165, 1.54) is 0 Å². The molecular formula is C8H16NO. The molecule has 1 amide bonds. The van der Waals surface area contributed by atoms with E-state index in [2.05, 4.69) is 0 Å². The number of rotatable bonds is 3. The van der Waals surface area contributed by atoms with Crippen molar-refractivity contribution >= 4 is 5.91 Å². The summed E-state index contributed by atoms with van der Waals surface area (Å²) in [5, 5.41) is 0. The molecule has 0 aromatic rings. The summed E-state index contributed by atoms with van der Waals surface area (Å²) in [6.45, 7) is 9.29. The lowest BCUT2D eigenvalue weighted by molar-refractivity contribution is -0.128. The van der Waals surface area contributed by atoms with Gasteiger partial charge in [0.15, 0.2) is 0 Å². The van der Waals surface area contributed by atoms with E-state index in [0.717, 1.165) is 19.0 Å². The van der Waals surface area contributed by atoms with E-state index in [9.17, 15) is 4.79 Å². The Morgan fingerprint density at radius 3 is 1.70 bits per heavy atom. The number of nitrogens with zero attached hydrogens (tertiary/aromatic N) is 1. The highest BCUT2D eigenvalue weighted by Gasteiger charge is 2.12. The van der Waals surface area contributed by atoms with Gasteiger partial charge in [-0.15, -0.1) is 0 Å². The van der Waals surface area contributed by atoms with Gasteiger partial charge in [-0.1, -0.05) is 0 Å². The van der Waals surface area contributed by atoms with E-state index < -0.39 is 0 Å². The van der Waals surface area contributed by atoms with Crippen LogP contribution in [-0.2, 0) is 4.79 Å². The van der Waals surface area contributed by atoms with E-state index in [4.69, 9.17) is 0 Å². The van der Waals surface area contributed by atoms with Crippen LogP contribution in [0.2, 0.25) is 0 Å². The van der Waals surface area contributed by atoms with Crippen LogP contribution >= 0.6 is 0 Å². The fourth-order valence-electron chi connectivity index (χ4n) is 0.827. The molecule has 0 rings (SSSR count). The fraction of sp³-hybridized carbons (Fsp3) is 0.750. The van der Waals surface area contributed by atoms with Gasteiger partial charge in [-0.3, -0.25) is 4.79 Å². The smallest absolute Gasteiger partial charge is 0.229 e. The van der Waals surface area contributed by atoms with Gasteiger partial charge in [0, 0.05) is 13.1 Å². The summed E-state index contributed by atoms with van der Waals surface area (Å²) in [4.78, 5) is 13.0. The second kappa shape index (κ2) is 4.31. The minimum atomic E-state index is 0.171. The molecule has 0 aliphatic heterocycles. The van der Waals surface area contributed by atoms with Gasteiger partial charge in [0.1, 0.15) is 0 Å². The van der Waals surface area contributed by atoms with Crippen LogP contribution < -0.4 is 0 Å². The van der Waals surface area contributed by atoms with Crippen LogP contribution in [0.4, 0.5) is 0 Å². The van der Waals surface area contributed by atoms with E-state index >= 15 is 0 Å². The van der Waals surface area contributed by atoms with E-state index in [1.807, 2.05) is 32.6 Å². The first-order chi connectivity index (χ1) is 4.63. The van der Waals surface area contributed by atoms with Gasteiger partial charge < -0.3 is 4.90 Å². The van der Waals surface area contributed by atoms with Crippen LogP contribution in [0.15, 0.2) is 0 Å². The maximum atomic E-state index is 11.2. The van der Waals surface area contributed by atoms with Crippen molar-refractivity contribution in [1.29, 1.82) is 0 Å². The molecule has 0 atom stereocenters. The molecule has 2 nitrogen and oxygen atoms in total. The molecule has 0 aromatic carbocycles. The first kappa shape index (κ1) is 9.47. The van der Waals surface area contributed by atoms with Gasteiger partial charge in [0.2, 0.25) is 5.91 Å². The van der Waals surface area contributed by atoms with Crippen LogP contribution in [0.5, 0.6) is 0 Å². The summed E-state index contributed by atoms with van der Waals surface area (Å²) >= 11 is 0. The number of amides is 1. The van der Waals surface area contributed by atoms with Crippen molar-refractivity contribution in [2.45, 2.75) is 27.7 Å². The normalized spacial score (nSPS) is 10.1. The third kappa shape index (κ3) is 2.38. The maximum Gasteiger partial charge on any atom is 0.229 e. The van der Waals surface area contributed by atoms with Gasteiger partial charge >= 0.3 is 0 Å². The Balaban J connectivity index is 3.89. The molecule has 0 bridgehead atoms. The molecule has 0 N–H and O–H groups in total. The quantitative estimate of drug-likeness (QED) is 0.584. The molecule has 10 heavy (non-hydrogen) atoms. The number of hydrogen-bond donors (Lipinski definition) is 0. The second-order valence-corrected chi connectivity index (χ2v) is 2.48. The zero-order valence-electron chi connectivity index (χ0n) is 7.27. The lowest BCUT2D eigenvalue weighted by Crippen LogP contribution is -2.32. The molecular weight excluding hydrogens is 126 g/mol. The SMILES string of the molecule is CCN(CC)C(=O)[C](C)C. The lowest BCUT2D eigenvalue weighted by Gasteiger charge is -2.20. The van der Waals surface area contributed by atoms with Gasteiger partial charge in [0.05, 0.1) is 5.92 Å². The summed E-state index contributed by atoms with van der Waals surface area (Å²) in [6.07, 6.45) is 0. The van der Waals surface area contributed by atoms with Gasteiger partial charge in [0.25, 0.3) is 0 Å². The van der Waals surface area contributed by atoms with Crippen molar-refractivity contribution in [1.82, 2.24) is 4.90 Å². The summed E-state index contributed by atoms with van der Waals surface area (Å²) in [5.41, 5.74) is 0. The van der Waals surface area contributed by atoms with E-state index in [0.29, 0.717) is 0 Å². The molecule has 0 saturated heterocycles. The van der Waals surface area contributed by atoms with Gasteiger partial charge in [-0.25, -0.2) is 0 Å². The minimum absolute atomic E-state index is 0.171. The molecule has 0 spiro atoms. The van der Waals surface area contributed by atoms with Gasteiger partial charge in [-0.2, -0.15) is 0 Å². The van der Waals surface area contributed by atoms with Crippen LogP contribution in [0.3, 0.4) is 0 Å². The molecule has 0 aromatic heterocycles. The first-order valence-electron chi connectivity index (χ1n) is 3.72. The Kier molecular flexibility index (Phi) is 4.08. The number of carbonyl (C=O) groups is 1. The van der Waals surface area contributed by atoms with Crippen molar-refractivity contribution in [3.05, 3.63) is 5.92 Å². The molecule has 0 aliphatic rings. The Bertz CT molecular complexity index is 106. The topological polar surface area (TPSA) is 20.3 Å². The third-order valence-electron chi connectivity index (χ3n) is 1.48. The molecule has 0 saturated carbocycles. The summed E-state index contributed by atoms with van der Waals surface area (Å²) in [5.74, 6) is 1.04.